The second-order valence-electron chi connectivity index (χ2n) is 6.60. The van der Waals surface area contributed by atoms with E-state index < -0.39 is 0 Å². The van der Waals surface area contributed by atoms with E-state index in [1.165, 1.54) is 5.56 Å². The highest BCUT2D eigenvalue weighted by molar-refractivity contribution is 5.96. The van der Waals surface area contributed by atoms with Crippen LogP contribution in [0.4, 0.5) is 5.69 Å². The number of carbonyl (C=O) groups is 1. The molecule has 0 bridgehead atoms. The van der Waals surface area contributed by atoms with Crippen LogP contribution in [0.2, 0.25) is 0 Å². The van der Waals surface area contributed by atoms with E-state index in [4.69, 9.17) is 9.47 Å². The van der Waals surface area contributed by atoms with Crippen LogP contribution in [0.5, 0.6) is 0 Å². The molecule has 1 aromatic rings. The highest BCUT2D eigenvalue weighted by Crippen LogP contribution is 2.40. The van der Waals surface area contributed by atoms with Gasteiger partial charge in [-0.3, -0.25) is 4.79 Å². The van der Waals surface area contributed by atoms with Gasteiger partial charge in [0.05, 0.1) is 13.2 Å². The van der Waals surface area contributed by atoms with E-state index in [0.717, 1.165) is 50.8 Å². The molecule has 0 aromatic heterocycles. The first-order chi connectivity index (χ1) is 10.8. The van der Waals surface area contributed by atoms with Crippen LogP contribution in [-0.2, 0) is 20.7 Å². The second-order valence-corrected chi connectivity index (χ2v) is 6.60. The van der Waals surface area contributed by atoms with E-state index in [1.807, 2.05) is 11.0 Å². The molecule has 4 nitrogen and oxygen atoms in total. The third-order valence-electron chi connectivity index (χ3n) is 5.29. The average Bonchev–Trinajstić information content (AvgIpc) is 3.02. The van der Waals surface area contributed by atoms with Crippen molar-refractivity contribution in [3.63, 3.8) is 0 Å². The van der Waals surface area contributed by atoms with Gasteiger partial charge in [0.15, 0.2) is 5.79 Å². The Balaban J connectivity index is 1.47. The van der Waals surface area contributed by atoms with E-state index >= 15 is 0 Å². The largest absolute Gasteiger partial charge is 0.348 e. The Morgan fingerprint density at radius 3 is 2.64 bits per heavy atom. The molecule has 2 aliphatic heterocycles. The minimum atomic E-state index is -0.378. The van der Waals surface area contributed by atoms with Crippen LogP contribution in [0.25, 0.3) is 0 Å². The van der Waals surface area contributed by atoms with Crippen molar-refractivity contribution in [2.45, 2.75) is 44.3 Å². The smallest absolute Gasteiger partial charge is 0.230 e. The van der Waals surface area contributed by atoms with Crippen molar-refractivity contribution in [1.29, 1.82) is 0 Å². The normalized spacial score (nSPS) is 24.5. The van der Waals surface area contributed by atoms with Gasteiger partial charge in [0, 0.05) is 31.0 Å². The molecule has 0 atom stereocenters. The average molecular weight is 301 g/mol. The lowest BCUT2D eigenvalue weighted by Crippen LogP contribution is -2.44. The Hall–Kier alpha value is -1.39. The lowest BCUT2D eigenvalue weighted by Gasteiger charge is -2.38. The Kier molecular flexibility index (Phi) is 3.66. The number of aryl methyl sites for hydroxylation is 1. The molecule has 1 aliphatic carbocycles. The number of rotatable bonds is 1. The lowest BCUT2D eigenvalue weighted by molar-refractivity contribution is -0.183. The molecule has 0 radical (unpaired) electrons. The summed E-state index contributed by atoms with van der Waals surface area (Å²) in [4.78, 5) is 15.0. The zero-order valence-corrected chi connectivity index (χ0v) is 12.9. The van der Waals surface area contributed by atoms with Gasteiger partial charge in [-0.15, -0.1) is 0 Å². The van der Waals surface area contributed by atoms with Crippen LogP contribution in [-0.4, -0.2) is 31.5 Å². The fraction of sp³-hybridized carbons (Fsp3) is 0.611. The molecule has 1 spiro atoms. The number of hydrogen-bond acceptors (Lipinski definition) is 3. The molecule has 1 saturated carbocycles. The minimum absolute atomic E-state index is 0.115. The summed E-state index contributed by atoms with van der Waals surface area (Å²) >= 11 is 0. The Morgan fingerprint density at radius 1 is 1.14 bits per heavy atom. The molecular weight excluding hydrogens is 278 g/mol. The number of amides is 1. The number of carbonyl (C=O) groups excluding carboxylic acids is 1. The standard InChI is InChI=1S/C18H23NO3/c20-17(15-7-9-18(10-8-15)21-12-13-22-18)19-11-3-5-14-4-1-2-6-16(14)19/h1-2,4,6,15H,3,5,7-13H2. The summed E-state index contributed by atoms with van der Waals surface area (Å²) in [5.41, 5.74) is 2.42. The maximum absolute atomic E-state index is 13.0. The van der Waals surface area contributed by atoms with Gasteiger partial charge in [-0.2, -0.15) is 0 Å². The lowest BCUT2D eigenvalue weighted by atomic mass is 9.83. The number of fused-ring (bicyclic) bond motifs is 1. The molecular formula is C18H23NO3. The van der Waals surface area contributed by atoms with Gasteiger partial charge in [-0.25, -0.2) is 0 Å². The SMILES string of the molecule is O=C(C1CCC2(CC1)OCCO2)N1CCCc2ccccc21. The molecule has 2 fully saturated rings. The van der Waals surface area contributed by atoms with Crippen molar-refractivity contribution < 1.29 is 14.3 Å². The van der Waals surface area contributed by atoms with Gasteiger partial charge in [0.25, 0.3) is 0 Å². The summed E-state index contributed by atoms with van der Waals surface area (Å²) in [6.45, 7) is 2.24. The fourth-order valence-corrected chi connectivity index (χ4v) is 4.07. The summed E-state index contributed by atoms with van der Waals surface area (Å²) in [6, 6.07) is 8.32. The van der Waals surface area contributed by atoms with Gasteiger partial charge in [0.2, 0.25) is 5.91 Å². The molecule has 1 aromatic carbocycles. The zero-order chi connectivity index (χ0) is 15.0. The highest BCUT2D eigenvalue weighted by Gasteiger charge is 2.43. The first-order valence-corrected chi connectivity index (χ1v) is 8.45. The third kappa shape index (κ3) is 2.44. The zero-order valence-electron chi connectivity index (χ0n) is 12.9. The molecule has 4 heteroatoms. The Morgan fingerprint density at radius 2 is 1.86 bits per heavy atom. The number of benzene rings is 1. The van der Waals surface area contributed by atoms with Crippen molar-refractivity contribution in [3.05, 3.63) is 29.8 Å². The predicted molar refractivity (Wildman–Crippen MR) is 83.7 cm³/mol. The van der Waals surface area contributed by atoms with E-state index in [0.29, 0.717) is 19.1 Å². The molecule has 3 aliphatic rings. The Bertz CT molecular complexity index is 555. The number of anilines is 1. The Labute approximate surface area is 131 Å². The second kappa shape index (κ2) is 5.67. The first-order valence-electron chi connectivity index (χ1n) is 8.45. The van der Waals surface area contributed by atoms with E-state index in [-0.39, 0.29) is 11.7 Å². The fourth-order valence-electron chi connectivity index (χ4n) is 4.07. The molecule has 22 heavy (non-hydrogen) atoms. The van der Waals surface area contributed by atoms with Crippen LogP contribution in [0.15, 0.2) is 24.3 Å². The maximum atomic E-state index is 13.0. The van der Waals surface area contributed by atoms with Gasteiger partial charge >= 0.3 is 0 Å². The van der Waals surface area contributed by atoms with Crippen molar-refractivity contribution >= 4 is 11.6 Å². The molecule has 0 unspecified atom stereocenters. The van der Waals surface area contributed by atoms with Crippen LogP contribution < -0.4 is 4.90 Å². The topological polar surface area (TPSA) is 38.8 Å². The third-order valence-corrected chi connectivity index (χ3v) is 5.29. The minimum Gasteiger partial charge on any atom is -0.348 e. The monoisotopic (exact) mass is 301 g/mol. The number of hydrogen-bond donors (Lipinski definition) is 0. The quantitative estimate of drug-likeness (QED) is 0.800. The molecule has 4 rings (SSSR count). The van der Waals surface area contributed by atoms with E-state index in [1.54, 1.807) is 0 Å². The summed E-state index contributed by atoms with van der Waals surface area (Å²) in [7, 11) is 0. The van der Waals surface area contributed by atoms with Crippen molar-refractivity contribution in [2.75, 3.05) is 24.7 Å². The van der Waals surface area contributed by atoms with Gasteiger partial charge in [-0.05, 0) is 37.3 Å². The van der Waals surface area contributed by atoms with Crippen molar-refractivity contribution in [3.8, 4) is 0 Å². The van der Waals surface area contributed by atoms with Crippen LogP contribution in [0, 0.1) is 5.92 Å². The van der Waals surface area contributed by atoms with Crippen LogP contribution in [0.3, 0.4) is 0 Å². The maximum Gasteiger partial charge on any atom is 0.230 e. The van der Waals surface area contributed by atoms with Crippen LogP contribution in [0.1, 0.15) is 37.7 Å². The number of nitrogens with zero attached hydrogens (tertiary/aromatic N) is 1. The first kappa shape index (κ1) is 14.2. The van der Waals surface area contributed by atoms with Crippen molar-refractivity contribution in [2.24, 2.45) is 5.92 Å². The number of para-hydroxylation sites is 1. The molecule has 1 saturated heterocycles. The molecule has 118 valence electrons. The molecule has 2 heterocycles. The van der Waals surface area contributed by atoms with E-state index in [9.17, 15) is 4.79 Å². The van der Waals surface area contributed by atoms with Gasteiger partial charge in [-0.1, -0.05) is 18.2 Å². The molecule has 0 N–H and O–H groups in total. The van der Waals surface area contributed by atoms with E-state index in [2.05, 4.69) is 18.2 Å². The van der Waals surface area contributed by atoms with Gasteiger partial charge in [0.1, 0.15) is 0 Å². The molecule has 1 amide bonds. The summed E-state index contributed by atoms with van der Waals surface area (Å²) in [5.74, 6) is 0.0286. The van der Waals surface area contributed by atoms with Gasteiger partial charge < -0.3 is 14.4 Å². The van der Waals surface area contributed by atoms with Crippen molar-refractivity contribution in [1.82, 2.24) is 0 Å². The predicted octanol–water partition coefficient (Wildman–Crippen LogP) is 2.90. The summed E-state index contributed by atoms with van der Waals surface area (Å²) in [6.07, 6.45) is 5.58. The summed E-state index contributed by atoms with van der Waals surface area (Å²) in [5, 5.41) is 0. The highest BCUT2D eigenvalue weighted by atomic mass is 16.7. The summed E-state index contributed by atoms with van der Waals surface area (Å²) < 4.78 is 11.5. The number of ether oxygens (including phenoxy) is 2. The van der Waals surface area contributed by atoms with Crippen LogP contribution >= 0.6 is 0 Å².